The summed E-state index contributed by atoms with van der Waals surface area (Å²) in [6.45, 7) is 4.18. The summed E-state index contributed by atoms with van der Waals surface area (Å²) in [4.78, 5) is 15.1. The lowest BCUT2D eigenvalue weighted by Gasteiger charge is -2.17. The molecule has 1 saturated heterocycles. The molecule has 0 spiro atoms. The second-order valence-corrected chi connectivity index (χ2v) is 5.57. The minimum absolute atomic E-state index is 0.370. The molecule has 3 heterocycles. The highest BCUT2D eigenvalue weighted by Crippen LogP contribution is 2.25. The average molecular weight is 303 g/mol. The van der Waals surface area contributed by atoms with Gasteiger partial charge in [-0.2, -0.15) is 4.98 Å². The molecule has 0 aromatic carbocycles. The summed E-state index contributed by atoms with van der Waals surface area (Å²) >= 11 is 0. The van der Waals surface area contributed by atoms with Gasteiger partial charge in [-0.15, -0.1) is 0 Å². The first kappa shape index (κ1) is 14.9. The van der Waals surface area contributed by atoms with Gasteiger partial charge >= 0.3 is 0 Å². The van der Waals surface area contributed by atoms with Gasteiger partial charge < -0.3 is 14.2 Å². The zero-order chi connectivity index (χ0) is 15.4. The van der Waals surface area contributed by atoms with Crippen molar-refractivity contribution in [3.63, 3.8) is 0 Å². The Hall–Kier alpha value is -2.02. The van der Waals surface area contributed by atoms with Gasteiger partial charge in [-0.25, -0.2) is 9.97 Å². The number of hydrogen-bond donors (Lipinski definition) is 0. The van der Waals surface area contributed by atoms with Crippen LogP contribution in [0.5, 0.6) is 0 Å². The van der Waals surface area contributed by atoms with Gasteiger partial charge in [0.15, 0.2) is 5.82 Å². The molecule has 0 N–H and O–H groups in total. The fourth-order valence-corrected chi connectivity index (χ4v) is 2.52. The molecule has 0 amide bonds. The molecule has 0 aliphatic carbocycles. The van der Waals surface area contributed by atoms with Gasteiger partial charge in [0.1, 0.15) is 12.1 Å². The minimum atomic E-state index is 0.370. The number of hydrogen-bond acceptors (Lipinski definition) is 7. The van der Waals surface area contributed by atoms with E-state index in [1.165, 1.54) is 0 Å². The van der Waals surface area contributed by atoms with Crippen molar-refractivity contribution in [1.82, 2.24) is 20.1 Å². The molecule has 7 nitrogen and oxygen atoms in total. The monoisotopic (exact) mass is 303 g/mol. The number of anilines is 1. The van der Waals surface area contributed by atoms with Crippen LogP contribution in [-0.2, 0) is 17.7 Å². The smallest absolute Gasteiger partial charge is 0.246 e. The molecule has 1 aliphatic rings. The molecular formula is C15H21N5O2. The van der Waals surface area contributed by atoms with Crippen LogP contribution in [0.25, 0.3) is 0 Å². The molecule has 22 heavy (non-hydrogen) atoms. The van der Waals surface area contributed by atoms with E-state index in [1.807, 2.05) is 18.0 Å². The van der Waals surface area contributed by atoms with Gasteiger partial charge in [0.25, 0.3) is 0 Å². The van der Waals surface area contributed by atoms with Crippen LogP contribution >= 0.6 is 0 Å². The van der Waals surface area contributed by atoms with Crippen LogP contribution in [0, 0.1) is 0 Å². The Balaban J connectivity index is 1.68. The van der Waals surface area contributed by atoms with Crippen LogP contribution in [0.3, 0.4) is 0 Å². The first-order chi connectivity index (χ1) is 10.8. The SMILES string of the molecule is CCCc1noc(CN(C)c2cc([C@H]3CCOC3)ncn2)n1. The lowest BCUT2D eigenvalue weighted by molar-refractivity contribution is 0.193. The normalized spacial score (nSPS) is 17.8. The van der Waals surface area contributed by atoms with Crippen molar-refractivity contribution in [2.45, 2.75) is 38.6 Å². The second kappa shape index (κ2) is 6.83. The summed E-state index contributed by atoms with van der Waals surface area (Å²) in [6, 6.07) is 2.02. The fraction of sp³-hybridized carbons (Fsp3) is 0.600. The van der Waals surface area contributed by atoms with Crippen molar-refractivity contribution in [1.29, 1.82) is 0 Å². The maximum Gasteiger partial charge on any atom is 0.246 e. The Morgan fingerprint density at radius 3 is 3.05 bits per heavy atom. The number of aryl methyl sites for hydroxylation is 1. The molecular weight excluding hydrogens is 282 g/mol. The Kier molecular flexibility index (Phi) is 4.62. The van der Waals surface area contributed by atoms with Gasteiger partial charge in [0.05, 0.1) is 18.8 Å². The zero-order valence-electron chi connectivity index (χ0n) is 13.0. The van der Waals surface area contributed by atoms with Crippen LogP contribution in [-0.4, -0.2) is 40.4 Å². The Bertz CT molecular complexity index is 609. The van der Waals surface area contributed by atoms with Crippen molar-refractivity contribution < 1.29 is 9.26 Å². The summed E-state index contributed by atoms with van der Waals surface area (Å²) in [6.07, 6.45) is 4.47. The van der Waals surface area contributed by atoms with Crippen LogP contribution in [0.15, 0.2) is 16.9 Å². The zero-order valence-corrected chi connectivity index (χ0v) is 13.0. The minimum Gasteiger partial charge on any atom is -0.381 e. The topological polar surface area (TPSA) is 77.2 Å². The van der Waals surface area contributed by atoms with Gasteiger partial charge in [-0.1, -0.05) is 12.1 Å². The number of ether oxygens (including phenoxy) is 1. The van der Waals surface area contributed by atoms with Gasteiger partial charge in [-0.05, 0) is 12.8 Å². The molecule has 2 aromatic rings. The van der Waals surface area contributed by atoms with Crippen molar-refractivity contribution in [3.05, 3.63) is 29.8 Å². The van der Waals surface area contributed by atoms with Crippen molar-refractivity contribution in [3.8, 4) is 0 Å². The van der Waals surface area contributed by atoms with E-state index in [0.717, 1.165) is 49.8 Å². The first-order valence-electron chi connectivity index (χ1n) is 7.68. The Morgan fingerprint density at radius 1 is 1.36 bits per heavy atom. The van der Waals surface area contributed by atoms with Crippen LogP contribution in [0.2, 0.25) is 0 Å². The van der Waals surface area contributed by atoms with E-state index in [4.69, 9.17) is 9.26 Å². The van der Waals surface area contributed by atoms with E-state index in [9.17, 15) is 0 Å². The predicted molar refractivity (Wildman–Crippen MR) is 80.6 cm³/mol. The third-order valence-electron chi connectivity index (χ3n) is 3.77. The predicted octanol–water partition coefficient (Wildman–Crippen LogP) is 1.95. The summed E-state index contributed by atoms with van der Waals surface area (Å²) in [5.41, 5.74) is 1.03. The average Bonchev–Trinajstić information content (AvgIpc) is 3.20. The molecule has 118 valence electrons. The number of rotatable bonds is 6. The third-order valence-corrected chi connectivity index (χ3v) is 3.77. The summed E-state index contributed by atoms with van der Waals surface area (Å²) in [7, 11) is 1.96. The summed E-state index contributed by atoms with van der Waals surface area (Å²) in [5, 5.41) is 3.97. The van der Waals surface area contributed by atoms with Crippen LogP contribution in [0.1, 0.15) is 43.1 Å². The molecule has 1 atom stereocenters. The molecule has 3 rings (SSSR count). The molecule has 0 bridgehead atoms. The maximum atomic E-state index is 5.43. The highest BCUT2D eigenvalue weighted by atomic mass is 16.5. The van der Waals surface area contributed by atoms with Crippen molar-refractivity contribution >= 4 is 5.82 Å². The van der Waals surface area contributed by atoms with Gasteiger partial charge in [0.2, 0.25) is 5.89 Å². The van der Waals surface area contributed by atoms with Crippen molar-refractivity contribution in [2.75, 3.05) is 25.2 Å². The quantitative estimate of drug-likeness (QED) is 0.807. The van der Waals surface area contributed by atoms with E-state index in [2.05, 4.69) is 27.0 Å². The summed E-state index contributed by atoms with van der Waals surface area (Å²) < 4.78 is 10.7. The van der Waals surface area contributed by atoms with Crippen molar-refractivity contribution in [2.24, 2.45) is 0 Å². The summed E-state index contributed by atoms with van der Waals surface area (Å²) in [5.74, 6) is 2.59. The molecule has 1 fully saturated rings. The fourth-order valence-electron chi connectivity index (χ4n) is 2.52. The van der Waals surface area contributed by atoms with E-state index < -0.39 is 0 Å². The standard InChI is InChI=1S/C15H21N5O2/c1-3-4-13-18-15(22-19-13)8-20(2)14-7-12(16-10-17-14)11-5-6-21-9-11/h7,10-11H,3-6,8-9H2,1-2H3/t11-/m0/s1. The molecule has 0 saturated carbocycles. The highest BCUT2D eigenvalue weighted by molar-refractivity contribution is 5.38. The molecule has 0 radical (unpaired) electrons. The van der Waals surface area contributed by atoms with E-state index >= 15 is 0 Å². The second-order valence-electron chi connectivity index (χ2n) is 5.57. The van der Waals surface area contributed by atoms with E-state index in [-0.39, 0.29) is 0 Å². The largest absolute Gasteiger partial charge is 0.381 e. The first-order valence-corrected chi connectivity index (χ1v) is 7.68. The van der Waals surface area contributed by atoms with E-state index in [0.29, 0.717) is 18.4 Å². The molecule has 2 aromatic heterocycles. The lowest BCUT2D eigenvalue weighted by atomic mass is 10.0. The third kappa shape index (κ3) is 3.41. The maximum absolute atomic E-state index is 5.43. The van der Waals surface area contributed by atoms with Gasteiger partial charge in [-0.3, -0.25) is 0 Å². The number of aromatic nitrogens is 4. The van der Waals surface area contributed by atoms with Gasteiger partial charge in [0, 0.05) is 32.1 Å². The lowest BCUT2D eigenvalue weighted by Crippen LogP contribution is -2.18. The number of nitrogens with zero attached hydrogens (tertiary/aromatic N) is 5. The molecule has 7 heteroatoms. The van der Waals surface area contributed by atoms with Crippen LogP contribution < -0.4 is 4.90 Å². The molecule has 1 aliphatic heterocycles. The molecule has 0 unspecified atom stereocenters. The Morgan fingerprint density at radius 2 is 2.27 bits per heavy atom. The van der Waals surface area contributed by atoms with E-state index in [1.54, 1.807) is 6.33 Å². The van der Waals surface area contributed by atoms with Crippen LogP contribution in [0.4, 0.5) is 5.82 Å². The highest BCUT2D eigenvalue weighted by Gasteiger charge is 2.20. The Labute approximate surface area is 129 Å².